The third-order valence-corrected chi connectivity index (χ3v) is 3.51. The van der Waals surface area contributed by atoms with Gasteiger partial charge in [0.1, 0.15) is 5.75 Å². The normalized spacial score (nSPS) is 12.2. The van der Waals surface area contributed by atoms with E-state index in [4.69, 9.17) is 10.5 Å². The highest BCUT2D eigenvalue weighted by atomic mass is 16.5. The van der Waals surface area contributed by atoms with E-state index < -0.39 is 0 Å². The van der Waals surface area contributed by atoms with Crippen molar-refractivity contribution in [3.63, 3.8) is 0 Å². The topological polar surface area (TPSA) is 35.2 Å². The van der Waals surface area contributed by atoms with Gasteiger partial charge >= 0.3 is 0 Å². The lowest BCUT2D eigenvalue weighted by atomic mass is 9.98. The standard InChI is InChI=1S/C18H23NO/c1-3-14-5-9-16(10-6-14)18(19)13-15-7-11-17(12-8-15)20-4-2/h5-12,18H,3-4,13,19H2,1-2H3. The van der Waals surface area contributed by atoms with Gasteiger partial charge in [0.05, 0.1) is 6.61 Å². The maximum Gasteiger partial charge on any atom is 0.119 e. The number of ether oxygens (including phenoxy) is 1. The molecule has 0 heterocycles. The Morgan fingerprint density at radius 1 is 0.900 bits per heavy atom. The average molecular weight is 269 g/mol. The van der Waals surface area contributed by atoms with Crippen LogP contribution in [0.4, 0.5) is 0 Å². The Balaban J connectivity index is 2.00. The molecule has 1 atom stereocenters. The van der Waals surface area contributed by atoms with Crippen molar-refractivity contribution in [3.8, 4) is 5.75 Å². The Labute approximate surface area is 121 Å². The number of benzene rings is 2. The van der Waals surface area contributed by atoms with Gasteiger partial charge in [0.25, 0.3) is 0 Å². The second-order valence-electron chi connectivity index (χ2n) is 4.98. The minimum absolute atomic E-state index is 0.0406. The molecule has 0 aliphatic carbocycles. The van der Waals surface area contributed by atoms with Crippen molar-refractivity contribution in [1.29, 1.82) is 0 Å². The molecule has 2 nitrogen and oxygen atoms in total. The lowest BCUT2D eigenvalue weighted by Crippen LogP contribution is -2.13. The van der Waals surface area contributed by atoms with Crippen LogP contribution in [0.1, 0.15) is 36.6 Å². The van der Waals surface area contributed by atoms with Crippen LogP contribution in [0.5, 0.6) is 5.75 Å². The summed E-state index contributed by atoms with van der Waals surface area (Å²) in [4.78, 5) is 0. The molecule has 0 saturated heterocycles. The number of rotatable bonds is 6. The molecule has 0 spiro atoms. The van der Waals surface area contributed by atoms with E-state index in [2.05, 4.69) is 43.3 Å². The largest absolute Gasteiger partial charge is 0.494 e. The molecular weight excluding hydrogens is 246 g/mol. The molecule has 0 aliphatic rings. The summed E-state index contributed by atoms with van der Waals surface area (Å²) in [6.45, 7) is 4.85. The maximum atomic E-state index is 6.28. The van der Waals surface area contributed by atoms with Gasteiger partial charge in [-0.15, -0.1) is 0 Å². The van der Waals surface area contributed by atoms with Crippen LogP contribution in [0.15, 0.2) is 48.5 Å². The van der Waals surface area contributed by atoms with E-state index in [9.17, 15) is 0 Å². The second-order valence-corrected chi connectivity index (χ2v) is 4.98. The molecule has 20 heavy (non-hydrogen) atoms. The molecule has 0 radical (unpaired) electrons. The first-order valence-electron chi connectivity index (χ1n) is 7.29. The fourth-order valence-electron chi connectivity index (χ4n) is 2.26. The van der Waals surface area contributed by atoms with E-state index in [0.717, 1.165) is 18.6 Å². The number of hydrogen-bond donors (Lipinski definition) is 1. The van der Waals surface area contributed by atoms with Crippen LogP contribution in [0.3, 0.4) is 0 Å². The van der Waals surface area contributed by atoms with Crippen molar-refractivity contribution in [2.75, 3.05) is 6.61 Å². The molecule has 1 unspecified atom stereocenters. The third-order valence-electron chi connectivity index (χ3n) is 3.51. The van der Waals surface area contributed by atoms with Crippen LogP contribution in [0.25, 0.3) is 0 Å². The zero-order valence-corrected chi connectivity index (χ0v) is 12.3. The van der Waals surface area contributed by atoms with Crippen molar-refractivity contribution in [2.24, 2.45) is 5.73 Å². The van der Waals surface area contributed by atoms with Crippen molar-refractivity contribution in [2.45, 2.75) is 32.7 Å². The van der Waals surface area contributed by atoms with Crippen molar-refractivity contribution < 1.29 is 4.74 Å². The molecule has 0 aliphatic heterocycles. The van der Waals surface area contributed by atoms with Crippen LogP contribution in [0.2, 0.25) is 0 Å². The van der Waals surface area contributed by atoms with Crippen LogP contribution in [-0.4, -0.2) is 6.61 Å². The van der Waals surface area contributed by atoms with Crippen molar-refractivity contribution in [1.82, 2.24) is 0 Å². The van der Waals surface area contributed by atoms with Crippen LogP contribution >= 0.6 is 0 Å². The molecule has 106 valence electrons. The fourth-order valence-corrected chi connectivity index (χ4v) is 2.26. The quantitative estimate of drug-likeness (QED) is 0.863. The van der Waals surface area contributed by atoms with Gasteiger partial charge in [0.2, 0.25) is 0 Å². The summed E-state index contributed by atoms with van der Waals surface area (Å²) in [5, 5.41) is 0. The Bertz CT molecular complexity index is 516. The fraction of sp³-hybridized carbons (Fsp3) is 0.333. The van der Waals surface area contributed by atoms with Gasteiger partial charge in [-0.05, 0) is 48.6 Å². The Kier molecular flexibility index (Phi) is 5.19. The predicted octanol–water partition coefficient (Wildman–Crippen LogP) is 3.89. The highest BCUT2D eigenvalue weighted by Gasteiger charge is 2.07. The second kappa shape index (κ2) is 7.11. The SMILES string of the molecule is CCOc1ccc(CC(N)c2ccc(CC)cc2)cc1. The molecule has 0 bridgehead atoms. The number of nitrogens with two attached hydrogens (primary N) is 1. The highest BCUT2D eigenvalue weighted by Crippen LogP contribution is 2.19. The summed E-state index contributed by atoms with van der Waals surface area (Å²) in [5.41, 5.74) is 10.1. The molecule has 0 amide bonds. The van der Waals surface area contributed by atoms with E-state index in [0.29, 0.717) is 6.61 Å². The van der Waals surface area contributed by atoms with Crippen molar-refractivity contribution in [3.05, 3.63) is 65.2 Å². The summed E-state index contributed by atoms with van der Waals surface area (Å²) in [6.07, 6.45) is 1.91. The molecule has 2 aromatic carbocycles. The first-order chi connectivity index (χ1) is 9.72. The van der Waals surface area contributed by atoms with Gasteiger partial charge in [0, 0.05) is 6.04 Å². The summed E-state index contributed by atoms with van der Waals surface area (Å²) in [6, 6.07) is 16.8. The van der Waals surface area contributed by atoms with E-state index in [-0.39, 0.29) is 6.04 Å². The summed E-state index contributed by atoms with van der Waals surface area (Å²) >= 11 is 0. The molecule has 2 heteroatoms. The van der Waals surface area contributed by atoms with Crippen LogP contribution in [0, 0.1) is 0 Å². The maximum absolute atomic E-state index is 6.28. The average Bonchev–Trinajstić information content (AvgIpc) is 2.49. The highest BCUT2D eigenvalue weighted by molar-refractivity contribution is 5.30. The molecule has 0 aromatic heterocycles. The third kappa shape index (κ3) is 3.84. The monoisotopic (exact) mass is 269 g/mol. The lowest BCUT2D eigenvalue weighted by Gasteiger charge is -2.13. The van der Waals surface area contributed by atoms with Gasteiger partial charge in [-0.1, -0.05) is 43.3 Å². The summed E-state index contributed by atoms with van der Waals surface area (Å²) in [7, 11) is 0. The molecule has 0 fully saturated rings. The molecule has 2 aromatic rings. The van der Waals surface area contributed by atoms with Crippen LogP contribution in [-0.2, 0) is 12.8 Å². The Morgan fingerprint density at radius 3 is 2.05 bits per heavy atom. The predicted molar refractivity (Wildman–Crippen MR) is 84.1 cm³/mol. The first-order valence-corrected chi connectivity index (χ1v) is 7.29. The Morgan fingerprint density at radius 2 is 1.50 bits per heavy atom. The van der Waals surface area contributed by atoms with Crippen molar-refractivity contribution >= 4 is 0 Å². The molecular formula is C18H23NO. The zero-order chi connectivity index (χ0) is 14.4. The lowest BCUT2D eigenvalue weighted by molar-refractivity contribution is 0.340. The van der Waals surface area contributed by atoms with E-state index in [1.807, 2.05) is 19.1 Å². The molecule has 2 rings (SSSR count). The van der Waals surface area contributed by atoms with Gasteiger partial charge in [-0.2, -0.15) is 0 Å². The Hall–Kier alpha value is -1.80. The molecule has 2 N–H and O–H groups in total. The van der Waals surface area contributed by atoms with Gasteiger partial charge in [-0.25, -0.2) is 0 Å². The van der Waals surface area contributed by atoms with Gasteiger partial charge < -0.3 is 10.5 Å². The van der Waals surface area contributed by atoms with Gasteiger partial charge in [-0.3, -0.25) is 0 Å². The van der Waals surface area contributed by atoms with E-state index >= 15 is 0 Å². The van der Waals surface area contributed by atoms with E-state index in [1.165, 1.54) is 16.7 Å². The van der Waals surface area contributed by atoms with Crippen LogP contribution < -0.4 is 10.5 Å². The smallest absolute Gasteiger partial charge is 0.119 e. The van der Waals surface area contributed by atoms with E-state index in [1.54, 1.807) is 0 Å². The van der Waals surface area contributed by atoms with Gasteiger partial charge in [0.15, 0.2) is 0 Å². The molecule has 0 saturated carbocycles. The minimum Gasteiger partial charge on any atom is -0.494 e. The summed E-state index contributed by atoms with van der Waals surface area (Å²) in [5.74, 6) is 0.914. The summed E-state index contributed by atoms with van der Waals surface area (Å²) < 4.78 is 5.44. The zero-order valence-electron chi connectivity index (χ0n) is 12.3. The number of hydrogen-bond acceptors (Lipinski definition) is 2. The first kappa shape index (κ1) is 14.6. The minimum atomic E-state index is 0.0406. The number of aryl methyl sites for hydroxylation is 1.